The Morgan fingerprint density at radius 2 is 1.70 bits per heavy atom. The van der Waals surface area contributed by atoms with E-state index in [0.29, 0.717) is 16.3 Å². The molecule has 2 N–H and O–H groups in total. The molecule has 1 amide bonds. The number of aliphatic hydroxyl groups is 1. The molecule has 3 atom stereocenters. The Kier molecular flexibility index (Phi) is 7.15. The van der Waals surface area contributed by atoms with Crippen LogP contribution in [0.5, 0.6) is 5.75 Å². The Morgan fingerprint density at radius 3 is 2.38 bits per heavy atom. The number of halogens is 1. The maximum Gasteiger partial charge on any atom is 0.243 e. The molecule has 3 aromatic carbocycles. The van der Waals surface area contributed by atoms with Gasteiger partial charge in [-0.25, -0.2) is 0 Å². The number of carbonyl (C=O) groups excluding carboxylic acids is 1. The highest BCUT2D eigenvalue weighted by molar-refractivity contribution is 8.00. The van der Waals surface area contributed by atoms with Crippen molar-refractivity contribution in [3.63, 3.8) is 0 Å². The molecule has 2 heterocycles. The summed E-state index contributed by atoms with van der Waals surface area (Å²) in [6.45, 7) is 0. The van der Waals surface area contributed by atoms with Crippen molar-refractivity contribution in [1.29, 1.82) is 5.26 Å². The topological polar surface area (TPSA) is 97.5 Å². The van der Waals surface area contributed by atoms with Gasteiger partial charge in [-0.15, -0.1) is 11.8 Å². The number of pyridine rings is 1. The molecule has 0 bridgehead atoms. The minimum atomic E-state index is -0.735. The van der Waals surface area contributed by atoms with Gasteiger partial charge in [0.2, 0.25) is 5.91 Å². The van der Waals surface area contributed by atoms with E-state index in [9.17, 15) is 15.0 Å². The Hall–Kier alpha value is -3.83. The molecule has 1 aliphatic heterocycles. The van der Waals surface area contributed by atoms with Crippen molar-refractivity contribution in [1.82, 2.24) is 4.98 Å². The number of aromatic hydroxyl groups is 1. The molecule has 4 aromatic rings. The molecular weight excluding hydrogens is 506 g/mol. The lowest BCUT2D eigenvalue weighted by atomic mass is 9.92. The van der Waals surface area contributed by atoms with Crippen molar-refractivity contribution in [3.8, 4) is 22.9 Å². The Morgan fingerprint density at radius 1 is 1.00 bits per heavy atom. The molecule has 1 aliphatic rings. The number of thioether (sulfide) groups is 1. The molecule has 0 spiro atoms. The largest absolute Gasteiger partial charge is 0.508 e. The van der Waals surface area contributed by atoms with E-state index in [2.05, 4.69) is 11.1 Å². The van der Waals surface area contributed by atoms with Crippen molar-refractivity contribution in [2.45, 2.75) is 17.4 Å². The second-order valence-electron chi connectivity index (χ2n) is 8.69. The molecule has 1 fully saturated rings. The van der Waals surface area contributed by atoms with Crippen molar-refractivity contribution >= 4 is 35.0 Å². The predicted molar refractivity (Wildman–Crippen MR) is 145 cm³/mol. The van der Waals surface area contributed by atoms with E-state index in [1.54, 1.807) is 53.6 Å². The van der Waals surface area contributed by atoms with Gasteiger partial charge in [0.25, 0.3) is 0 Å². The van der Waals surface area contributed by atoms with Crippen LogP contribution < -0.4 is 4.90 Å². The van der Waals surface area contributed by atoms with E-state index < -0.39 is 6.10 Å². The third-order valence-corrected chi connectivity index (χ3v) is 7.89. The predicted octanol–water partition coefficient (Wildman–Crippen LogP) is 5.90. The first-order valence-corrected chi connectivity index (χ1v) is 13.0. The summed E-state index contributed by atoms with van der Waals surface area (Å²) in [7, 11) is 0. The Labute approximate surface area is 223 Å². The molecule has 0 aliphatic carbocycles. The van der Waals surface area contributed by atoms with Crippen LogP contribution in [0.3, 0.4) is 0 Å². The van der Waals surface area contributed by atoms with Gasteiger partial charge in [-0.2, -0.15) is 5.26 Å². The average Bonchev–Trinajstić information content (AvgIpc) is 2.93. The number of nitriles is 1. The zero-order chi connectivity index (χ0) is 25.9. The summed E-state index contributed by atoms with van der Waals surface area (Å²) in [5.74, 6) is 0.454. The Balaban J connectivity index is 1.38. The summed E-state index contributed by atoms with van der Waals surface area (Å²) in [5.41, 5.74) is 4.57. The first-order chi connectivity index (χ1) is 17.9. The maximum atomic E-state index is 13.4. The number of amides is 1. The molecule has 37 heavy (non-hydrogen) atoms. The molecular formula is C29H22ClN3O3S. The molecule has 0 unspecified atom stereocenters. The van der Waals surface area contributed by atoms with E-state index in [4.69, 9.17) is 16.9 Å². The van der Waals surface area contributed by atoms with E-state index in [0.717, 1.165) is 27.9 Å². The standard InChI is InChI=1S/C29H22ClN3O3S/c30-23-7-1-20(2-8-23)26(35)17-37-28-27(21-5-11-25(34)12-6-21)33(29(28)36)24-9-3-19(4-10-24)22-13-18(14-31)15-32-16-22/h1-13,15-16,26-28,34-35H,17H2/t26-,27+,28+/m0/s1. The number of hydrogen-bond acceptors (Lipinski definition) is 6. The number of phenols is 1. The first kappa shape index (κ1) is 24.8. The number of benzene rings is 3. The van der Waals surface area contributed by atoms with Gasteiger partial charge in [-0.1, -0.05) is 48.0 Å². The fourth-order valence-electron chi connectivity index (χ4n) is 4.36. The fraction of sp³-hybridized carbons (Fsp3) is 0.138. The molecule has 0 radical (unpaired) electrons. The normalized spacial score (nSPS) is 17.6. The van der Waals surface area contributed by atoms with Crippen molar-refractivity contribution in [2.24, 2.45) is 0 Å². The quantitative estimate of drug-likeness (QED) is 0.290. The summed E-state index contributed by atoms with van der Waals surface area (Å²) >= 11 is 7.37. The lowest BCUT2D eigenvalue weighted by molar-refractivity contribution is -0.123. The van der Waals surface area contributed by atoms with Crippen LogP contribution in [0.1, 0.15) is 28.8 Å². The van der Waals surface area contributed by atoms with Crippen LogP contribution in [0, 0.1) is 11.3 Å². The monoisotopic (exact) mass is 527 g/mol. The van der Waals surface area contributed by atoms with E-state index in [1.807, 2.05) is 36.4 Å². The average molecular weight is 528 g/mol. The SMILES string of the molecule is N#Cc1cncc(-c2ccc(N3C(=O)[C@H](SC[C@H](O)c4ccc(Cl)cc4)[C@H]3c3ccc(O)cc3)cc2)c1. The summed E-state index contributed by atoms with van der Waals surface area (Å²) in [6, 6.07) is 25.0. The molecule has 184 valence electrons. The summed E-state index contributed by atoms with van der Waals surface area (Å²) < 4.78 is 0. The number of aliphatic hydroxyl groups excluding tert-OH is 1. The lowest BCUT2D eigenvalue weighted by Crippen LogP contribution is -2.57. The smallest absolute Gasteiger partial charge is 0.243 e. The van der Waals surface area contributed by atoms with Crippen molar-refractivity contribution in [3.05, 3.63) is 113 Å². The van der Waals surface area contributed by atoms with Gasteiger partial charge >= 0.3 is 0 Å². The first-order valence-electron chi connectivity index (χ1n) is 11.6. The minimum Gasteiger partial charge on any atom is -0.508 e. The van der Waals surface area contributed by atoms with Crippen LogP contribution in [0.2, 0.25) is 5.02 Å². The lowest BCUT2D eigenvalue weighted by Gasteiger charge is -2.47. The van der Waals surface area contributed by atoms with Crippen LogP contribution in [0.4, 0.5) is 5.69 Å². The molecule has 8 heteroatoms. The van der Waals surface area contributed by atoms with Gasteiger partial charge in [0, 0.05) is 34.4 Å². The molecule has 1 saturated heterocycles. The van der Waals surface area contributed by atoms with Crippen LogP contribution in [-0.2, 0) is 4.79 Å². The highest BCUT2D eigenvalue weighted by Crippen LogP contribution is 2.46. The number of anilines is 1. The van der Waals surface area contributed by atoms with E-state index in [1.165, 1.54) is 18.0 Å². The number of rotatable bonds is 7. The highest BCUT2D eigenvalue weighted by atomic mass is 35.5. The number of carbonyl (C=O) groups is 1. The molecule has 6 nitrogen and oxygen atoms in total. The number of aromatic nitrogens is 1. The van der Waals surface area contributed by atoms with E-state index in [-0.39, 0.29) is 22.9 Å². The molecule has 1 aromatic heterocycles. The Bertz CT molecular complexity index is 1450. The number of hydrogen-bond donors (Lipinski definition) is 2. The number of β-lactam (4-membered cyclic amide) rings is 1. The second-order valence-corrected chi connectivity index (χ2v) is 10.3. The van der Waals surface area contributed by atoms with Crippen LogP contribution in [0.15, 0.2) is 91.3 Å². The maximum absolute atomic E-state index is 13.4. The summed E-state index contributed by atoms with van der Waals surface area (Å²) in [6.07, 6.45) is 2.48. The van der Waals surface area contributed by atoms with Crippen LogP contribution in [-0.4, -0.2) is 32.1 Å². The van der Waals surface area contributed by atoms with Gasteiger partial charge in [-0.05, 0) is 59.2 Å². The number of phenolic OH excluding ortho intramolecular Hbond substituents is 1. The van der Waals surface area contributed by atoms with Gasteiger partial charge in [0.1, 0.15) is 17.1 Å². The highest BCUT2D eigenvalue weighted by Gasteiger charge is 2.49. The van der Waals surface area contributed by atoms with Gasteiger partial charge in [0.05, 0.1) is 17.7 Å². The summed E-state index contributed by atoms with van der Waals surface area (Å²) in [4.78, 5) is 19.2. The molecule has 0 saturated carbocycles. The zero-order valence-corrected chi connectivity index (χ0v) is 21.1. The van der Waals surface area contributed by atoms with Crippen LogP contribution in [0.25, 0.3) is 11.1 Å². The second kappa shape index (κ2) is 10.7. The van der Waals surface area contributed by atoms with Gasteiger partial charge < -0.3 is 15.1 Å². The van der Waals surface area contributed by atoms with E-state index >= 15 is 0 Å². The van der Waals surface area contributed by atoms with Crippen molar-refractivity contribution < 1.29 is 15.0 Å². The minimum absolute atomic E-state index is 0.0488. The fourth-order valence-corrected chi connectivity index (χ4v) is 5.78. The third kappa shape index (κ3) is 5.18. The van der Waals surface area contributed by atoms with Crippen molar-refractivity contribution in [2.75, 3.05) is 10.7 Å². The number of nitrogens with zero attached hydrogens (tertiary/aromatic N) is 3. The zero-order valence-electron chi connectivity index (χ0n) is 19.5. The van der Waals surface area contributed by atoms with Gasteiger partial charge in [0.15, 0.2) is 0 Å². The third-order valence-electron chi connectivity index (χ3n) is 6.31. The molecule has 5 rings (SSSR count). The van der Waals surface area contributed by atoms with Gasteiger partial charge in [-0.3, -0.25) is 9.78 Å². The summed E-state index contributed by atoms with van der Waals surface area (Å²) in [5, 5.41) is 29.8. The van der Waals surface area contributed by atoms with Crippen LogP contribution >= 0.6 is 23.4 Å².